The van der Waals surface area contributed by atoms with Crippen LogP contribution in [0, 0.1) is 0 Å². The summed E-state index contributed by atoms with van der Waals surface area (Å²) in [7, 11) is 0. The lowest BCUT2D eigenvalue weighted by Gasteiger charge is -2.24. The van der Waals surface area contributed by atoms with Gasteiger partial charge < -0.3 is 0 Å². The maximum absolute atomic E-state index is 6.15. The number of anilines is 1. The third kappa shape index (κ3) is 2.83. The molecule has 1 unspecified atom stereocenters. The summed E-state index contributed by atoms with van der Waals surface area (Å²) in [5.74, 6) is 0. The Morgan fingerprint density at radius 2 is 1.53 bits per heavy atom. The fourth-order valence-electron chi connectivity index (χ4n) is 4.93. The van der Waals surface area contributed by atoms with E-state index >= 15 is 0 Å². The van der Waals surface area contributed by atoms with Gasteiger partial charge in [0, 0.05) is 17.0 Å². The van der Waals surface area contributed by atoms with E-state index in [1.54, 1.807) is 0 Å². The summed E-state index contributed by atoms with van der Waals surface area (Å²) < 4.78 is 0. The van der Waals surface area contributed by atoms with Crippen LogP contribution in [-0.4, -0.2) is 5.71 Å². The molecule has 0 fully saturated rings. The number of para-hydroxylation sites is 1. The Morgan fingerprint density at radius 1 is 0.767 bits per heavy atom. The molecule has 0 radical (unpaired) electrons. The molecule has 0 aromatic heterocycles. The molecule has 6 rings (SSSR count). The standard InChI is InChI=1S/C27H21ClN2/c28-21-14-11-18(12-15-21)26-17-25(29-30(26)22-6-2-1-3-7-22)23-16-13-20-10-9-19-5-4-8-24(23)27(19)20/h1-8,11-16,26H,9-10,17H2. The van der Waals surface area contributed by atoms with Gasteiger partial charge in [-0.05, 0) is 64.6 Å². The molecular weight excluding hydrogens is 388 g/mol. The summed E-state index contributed by atoms with van der Waals surface area (Å²) in [5, 5.41) is 10.9. The molecule has 1 atom stereocenters. The Balaban J connectivity index is 1.49. The van der Waals surface area contributed by atoms with E-state index in [-0.39, 0.29) is 6.04 Å². The van der Waals surface area contributed by atoms with Crippen molar-refractivity contribution >= 4 is 33.8 Å². The maximum Gasteiger partial charge on any atom is 0.0831 e. The van der Waals surface area contributed by atoms with Crippen molar-refractivity contribution in [3.05, 3.63) is 112 Å². The quantitative estimate of drug-likeness (QED) is 0.358. The van der Waals surface area contributed by atoms with Crippen LogP contribution < -0.4 is 5.01 Å². The first kappa shape index (κ1) is 17.7. The van der Waals surface area contributed by atoms with Crippen LogP contribution in [0.4, 0.5) is 5.69 Å². The number of halogens is 1. The lowest BCUT2D eigenvalue weighted by Crippen LogP contribution is -2.18. The highest BCUT2D eigenvalue weighted by Gasteiger charge is 2.31. The molecule has 146 valence electrons. The van der Waals surface area contributed by atoms with Gasteiger partial charge in [0.2, 0.25) is 0 Å². The van der Waals surface area contributed by atoms with Crippen LogP contribution in [0.2, 0.25) is 5.02 Å². The highest BCUT2D eigenvalue weighted by Crippen LogP contribution is 2.40. The number of hydrogen-bond acceptors (Lipinski definition) is 2. The molecule has 3 heteroatoms. The molecule has 2 aliphatic rings. The van der Waals surface area contributed by atoms with Crippen molar-refractivity contribution in [2.24, 2.45) is 5.10 Å². The largest absolute Gasteiger partial charge is 0.257 e. The molecule has 1 aliphatic carbocycles. The zero-order valence-corrected chi connectivity index (χ0v) is 17.3. The lowest BCUT2D eigenvalue weighted by atomic mass is 9.93. The van der Waals surface area contributed by atoms with Crippen LogP contribution in [0.3, 0.4) is 0 Å². The molecule has 2 nitrogen and oxygen atoms in total. The smallest absolute Gasteiger partial charge is 0.0831 e. The van der Waals surface area contributed by atoms with Crippen molar-refractivity contribution in [2.45, 2.75) is 25.3 Å². The number of hydrogen-bond donors (Lipinski definition) is 0. The van der Waals surface area contributed by atoms with Gasteiger partial charge in [-0.2, -0.15) is 5.10 Å². The second-order valence-corrected chi connectivity index (χ2v) is 8.55. The molecule has 0 N–H and O–H groups in total. The van der Waals surface area contributed by atoms with E-state index in [1.807, 2.05) is 18.2 Å². The zero-order valence-electron chi connectivity index (χ0n) is 16.6. The fraction of sp³-hybridized carbons (Fsp3) is 0.148. The third-order valence-corrected chi connectivity index (χ3v) is 6.63. The summed E-state index contributed by atoms with van der Waals surface area (Å²) in [4.78, 5) is 0. The molecule has 0 saturated carbocycles. The first-order valence-electron chi connectivity index (χ1n) is 10.5. The molecule has 0 spiro atoms. The Kier molecular flexibility index (Phi) is 4.14. The average molecular weight is 409 g/mol. The highest BCUT2D eigenvalue weighted by atomic mass is 35.5. The van der Waals surface area contributed by atoms with Crippen LogP contribution in [0.1, 0.15) is 34.7 Å². The van der Waals surface area contributed by atoms with Crippen LogP contribution in [-0.2, 0) is 12.8 Å². The van der Waals surface area contributed by atoms with Gasteiger partial charge >= 0.3 is 0 Å². The van der Waals surface area contributed by atoms with E-state index < -0.39 is 0 Å². The summed E-state index contributed by atoms with van der Waals surface area (Å²) in [6.45, 7) is 0. The number of aryl methyl sites for hydroxylation is 2. The normalized spacial score (nSPS) is 17.6. The van der Waals surface area contributed by atoms with Gasteiger partial charge in [0.25, 0.3) is 0 Å². The Morgan fingerprint density at radius 3 is 2.33 bits per heavy atom. The van der Waals surface area contributed by atoms with Gasteiger partial charge in [-0.25, -0.2) is 0 Å². The van der Waals surface area contributed by atoms with Gasteiger partial charge in [-0.3, -0.25) is 5.01 Å². The van der Waals surface area contributed by atoms with E-state index in [0.29, 0.717) is 0 Å². The summed E-state index contributed by atoms with van der Waals surface area (Å²) in [6.07, 6.45) is 3.16. The first-order valence-corrected chi connectivity index (χ1v) is 10.9. The minimum atomic E-state index is 0.155. The van der Waals surface area contributed by atoms with Crippen molar-refractivity contribution in [2.75, 3.05) is 5.01 Å². The molecule has 4 aromatic rings. The second kappa shape index (κ2) is 7.00. The maximum atomic E-state index is 6.15. The molecule has 0 bridgehead atoms. The predicted molar refractivity (Wildman–Crippen MR) is 126 cm³/mol. The minimum absolute atomic E-state index is 0.155. The Bertz CT molecular complexity index is 1270. The second-order valence-electron chi connectivity index (χ2n) is 8.11. The summed E-state index contributed by atoms with van der Waals surface area (Å²) in [5.41, 5.74) is 7.69. The topological polar surface area (TPSA) is 15.6 Å². The molecule has 30 heavy (non-hydrogen) atoms. The molecule has 0 amide bonds. The number of nitrogens with zero attached hydrogens (tertiary/aromatic N) is 2. The van der Waals surface area contributed by atoms with Crippen LogP contribution >= 0.6 is 11.6 Å². The van der Waals surface area contributed by atoms with Crippen molar-refractivity contribution in [1.82, 2.24) is 0 Å². The van der Waals surface area contributed by atoms with Gasteiger partial charge in [0.15, 0.2) is 0 Å². The molecule has 1 heterocycles. The van der Waals surface area contributed by atoms with E-state index in [2.05, 4.69) is 71.7 Å². The van der Waals surface area contributed by atoms with Crippen molar-refractivity contribution in [1.29, 1.82) is 0 Å². The third-order valence-electron chi connectivity index (χ3n) is 6.37. The van der Waals surface area contributed by atoms with E-state index in [4.69, 9.17) is 16.7 Å². The van der Waals surface area contributed by atoms with Gasteiger partial charge in [-0.15, -0.1) is 0 Å². The van der Waals surface area contributed by atoms with Crippen molar-refractivity contribution in [3.8, 4) is 0 Å². The number of rotatable bonds is 3. The van der Waals surface area contributed by atoms with Crippen molar-refractivity contribution in [3.63, 3.8) is 0 Å². The van der Waals surface area contributed by atoms with Crippen LogP contribution in [0.15, 0.2) is 90.0 Å². The first-order chi connectivity index (χ1) is 14.8. The van der Waals surface area contributed by atoms with Gasteiger partial charge in [0.05, 0.1) is 17.4 Å². The van der Waals surface area contributed by atoms with Crippen molar-refractivity contribution < 1.29 is 0 Å². The average Bonchev–Trinajstić information content (AvgIpc) is 3.42. The predicted octanol–water partition coefficient (Wildman–Crippen LogP) is 6.95. The monoisotopic (exact) mass is 408 g/mol. The number of benzene rings is 4. The molecule has 0 saturated heterocycles. The lowest BCUT2D eigenvalue weighted by molar-refractivity contribution is 0.709. The zero-order chi connectivity index (χ0) is 20.1. The molecule has 1 aliphatic heterocycles. The van der Waals surface area contributed by atoms with Gasteiger partial charge in [0.1, 0.15) is 0 Å². The van der Waals surface area contributed by atoms with E-state index in [0.717, 1.165) is 35.7 Å². The van der Waals surface area contributed by atoms with Gasteiger partial charge in [-0.1, -0.05) is 72.3 Å². The fourth-order valence-corrected chi connectivity index (χ4v) is 5.06. The minimum Gasteiger partial charge on any atom is -0.257 e. The SMILES string of the molecule is Clc1ccc(C2CC(c3ccc4c5c(cccc35)CC4)=NN2c2ccccc2)cc1. The Labute approximate surface area is 181 Å². The number of hydrazone groups is 1. The van der Waals surface area contributed by atoms with Crippen LogP contribution in [0.5, 0.6) is 0 Å². The van der Waals surface area contributed by atoms with E-state index in [9.17, 15) is 0 Å². The Hall–Kier alpha value is -3.10. The molecule has 4 aromatic carbocycles. The van der Waals surface area contributed by atoms with Crippen LogP contribution in [0.25, 0.3) is 10.8 Å². The summed E-state index contributed by atoms with van der Waals surface area (Å²) >= 11 is 6.15. The van der Waals surface area contributed by atoms with E-state index in [1.165, 1.54) is 33.0 Å². The molecular formula is C27H21ClN2. The summed E-state index contributed by atoms with van der Waals surface area (Å²) in [6, 6.07) is 30.1. The highest BCUT2D eigenvalue weighted by molar-refractivity contribution is 6.30.